The lowest BCUT2D eigenvalue weighted by Crippen LogP contribution is -2.33. The van der Waals surface area contributed by atoms with Gasteiger partial charge in [0.05, 0.1) is 0 Å². The molecule has 0 aromatic heterocycles. The molecule has 1 saturated heterocycles. The Balaban J connectivity index is 1.27. The molecule has 0 bridgehead atoms. The monoisotopic (exact) mass is 357 g/mol. The molecule has 0 radical (unpaired) electrons. The van der Waals surface area contributed by atoms with Crippen LogP contribution in [-0.2, 0) is 6.42 Å². The zero-order chi connectivity index (χ0) is 18.3. The third kappa shape index (κ3) is 10.4. The van der Waals surface area contributed by atoms with Crippen LogP contribution >= 0.6 is 0 Å². The molecule has 0 saturated carbocycles. The van der Waals surface area contributed by atoms with Gasteiger partial charge in [-0.25, -0.2) is 0 Å². The Labute approximate surface area is 163 Å². The van der Waals surface area contributed by atoms with Gasteiger partial charge in [0.25, 0.3) is 0 Å². The lowest BCUT2D eigenvalue weighted by atomic mass is 9.99. The third-order valence-corrected chi connectivity index (χ3v) is 6.16. The van der Waals surface area contributed by atoms with Crippen LogP contribution in [-0.4, -0.2) is 24.5 Å². The van der Waals surface area contributed by atoms with Gasteiger partial charge >= 0.3 is 0 Å². The third-order valence-electron chi connectivity index (χ3n) is 6.16. The predicted octanol–water partition coefficient (Wildman–Crippen LogP) is 7.25. The Morgan fingerprint density at radius 3 is 1.77 bits per heavy atom. The van der Waals surface area contributed by atoms with E-state index >= 15 is 0 Å². The van der Waals surface area contributed by atoms with Crippen molar-refractivity contribution >= 4 is 0 Å². The first kappa shape index (κ1) is 21.5. The molecule has 148 valence electrons. The number of nitrogens with zero attached hydrogens (tertiary/aromatic N) is 1. The zero-order valence-corrected chi connectivity index (χ0v) is 17.4. The predicted molar refractivity (Wildman–Crippen MR) is 116 cm³/mol. The summed E-state index contributed by atoms with van der Waals surface area (Å²) in [5.41, 5.74) is 1.50. The van der Waals surface area contributed by atoms with E-state index in [-0.39, 0.29) is 0 Å². The van der Waals surface area contributed by atoms with Gasteiger partial charge < -0.3 is 4.90 Å². The summed E-state index contributed by atoms with van der Waals surface area (Å²) in [6, 6.07) is 10.9. The number of aryl methyl sites for hydroxylation is 1. The topological polar surface area (TPSA) is 3.24 Å². The first-order chi connectivity index (χ1) is 12.8. The van der Waals surface area contributed by atoms with Crippen molar-refractivity contribution in [1.82, 2.24) is 4.90 Å². The molecule has 1 nitrogen and oxygen atoms in total. The second-order valence-electron chi connectivity index (χ2n) is 8.65. The molecule has 1 aliphatic heterocycles. The largest absolute Gasteiger partial charge is 0.303 e. The molecule has 1 aromatic rings. The van der Waals surface area contributed by atoms with E-state index in [2.05, 4.69) is 42.2 Å². The lowest BCUT2D eigenvalue weighted by Gasteiger charge is -2.30. The van der Waals surface area contributed by atoms with Gasteiger partial charge in [0.1, 0.15) is 0 Å². The maximum Gasteiger partial charge on any atom is -0.00162 e. The molecule has 1 aliphatic rings. The summed E-state index contributed by atoms with van der Waals surface area (Å²) in [5.74, 6) is 0.968. The normalized spacial score (nSPS) is 16.2. The molecule has 1 aromatic carbocycles. The van der Waals surface area contributed by atoms with Crippen LogP contribution in [0.1, 0.15) is 96.0 Å². The van der Waals surface area contributed by atoms with E-state index < -0.39 is 0 Å². The summed E-state index contributed by atoms with van der Waals surface area (Å²) in [6.45, 7) is 6.47. The average Bonchev–Trinajstić information content (AvgIpc) is 2.68. The summed E-state index contributed by atoms with van der Waals surface area (Å²) in [5, 5.41) is 0. The van der Waals surface area contributed by atoms with E-state index in [0.29, 0.717) is 0 Å². The van der Waals surface area contributed by atoms with Crippen LogP contribution in [0.3, 0.4) is 0 Å². The quantitative estimate of drug-likeness (QED) is 0.317. The van der Waals surface area contributed by atoms with Crippen molar-refractivity contribution in [3.05, 3.63) is 35.9 Å². The van der Waals surface area contributed by atoms with Crippen LogP contribution in [0.25, 0.3) is 0 Å². The van der Waals surface area contributed by atoms with Gasteiger partial charge in [0.2, 0.25) is 0 Å². The van der Waals surface area contributed by atoms with Crippen molar-refractivity contribution in [2.45, 2.75) is 96.8 Å². The van der Waals surface area contributed by atoms with Crippen molar-refractivity contribution in [3.8, 4) is 0 Å². The number of rotatable bonds is 14. The minimum atomic E-state index is 0.968. The lowest BCUT2D eigenvalue weighted by molar-refractivity contribution is 0.189. The second kappa shape index (κ2) is 14.3. The van der Waals surface area contributed by atoms with E-state index in [1.54, 1.807) is 0 Å². The number of hydrogen-bond donors (Lipinski definition) is 0. The number of unbranched alkanes of at least 4 members (excludes halogenated alkanes) is 10. The van der Waals surface area contributed by atoms with Crippen LogP contribution in [0.4, 0.5) is 0 Å². The van der Waals surface area contributed by atoms with Crippen LogP contribution in [0, 0.1) is 5.92 Å². The van der Waals surface area contributed by atoms with E-state index in [0.717, 1.165) is 5.92 Å². The van der Waals surface area contributed by atoms with Gasteiger partial charge in [-0.1, -0.05) is 95.0 Å². The van der Waals surface area contributed by atoms with Crippen molar-refractivity contribution in [2.75, 3.05) is 19.6 Å². The Bertz CT molecular complexity index is 419. The molecule has 0 spiro atoms. The van der Waals surface area contributed by atoms with Gasteiger partial charge in [-0.05, 0) is 63.2 Å². The van der Waals surface area contributed by atoms with Gasteiger partial charge in [0.15, 0.2) is 0 Å². The minimum absolute atomic E-state index is 0.968. The number of piperidine rings is 1. The highest BCUT2D eigenvalue weighted by Crippen LogP contribution is 2.17. The van der Waals surface area contributed by atoms with Crippen LogP contribution in [0.15, 0.2) is 30.3 Å². The smallest absolute Gasteiger partial charge is 0.00162 e. The number of benzene rings is 1. The Kier molecular flexibility index (Phi) is 11.8. The molecule has 0 atom stereocenters. The number of likely N-dealkylation sites (tertiary alicyclic amines) is 1. The molecule has 1 heterocycles. The summed E-state index contributed by atoms with van der Waals surface area (Å²) in [7, 11) is 0. The minimum Gasteiger partial charge on any atom is -0.303 e. The molecule has 0 amide bonds. The molecular weight excluding hydrogens is 314 g/mol. The fourth-order valence-electron chi connectivity index (χ4n) is 4.19. The maximum atomic E-state index is 2.69. The fourth-order valence-corrected chi connectivity index (χ4v) is 4.19. The van der Waals surface area contributed by atoms with Gasteiger partial charge in [-0.3, -0.25) is 0 Å². The molecule has 26 heavy (non-hydrogen) atoms. The number of hydrogen-bond acceptors (Lipinski definition) is 1. The van der Waals surface area contributed by atoms with E-state index in [9.17, 15) is 0 Å². The average molecular weight is 358 g/mol. The molecule has 1 heteroatoms. The summed E-state index contributed by atoms with van der Waals surface area (Å²) < 4.78 is 0. The summed E-state index contributed by atoms with van der Waals surface area (Å²) in [6.07, 6.45) is 19.9. The summed E-state index contributed by atoms with van der Waals surface area (Å²) >= 11 is 0. The maximum absolute atomic E-state index is 2.69. The van der Waals surface area contributed by atoms with E-state index in [1.165, 1.54) is 115 Å². The van der Waals surface area contributed by atoms with Crippen molar-refractivity contribution in [3.63, 3.8) is 0 Å². The first-order valence-corrected chi connectivity index (χ1v) is 11.6. The highest BCUT2D eigenvalue weighted by Gasteiger charge is 2.14. The van der Waals surface area contributed by atoms with E-state index in [1.807, 2.05) is 0 Å². The fraction of sp³-hybridized carbons (Fsp3) is 0.760. The van der Waals surface area contributed by atoms with Crippen molar-refractivity contribution < 1.29 is 0 Å². The van der Waals surface area contributed by atoms with Crippen molar-refractivity contribution in [1.29, 1.82) is 0 Å². The Hall–Kier alpha value is -0.820. The molecule has 0 unspecified atom stereocenters. The summed E-state index contributed by atoms with van der Waals surface area (Å²) in [4.78, 5) is 2.69. The second-order valence-corrected chi connectivity index (χ2v) is 8.65. The van der Waals surface area contributed by atoms with Crippen LogP contribution in [0.2, 0.25) is 0 Å². The Morgan fingerprint density at radius 1 is 0.692 bits per heavy atom. The molecule has 0 aliphatic carbocycles. The first-order valence-electron chi connectivity index (χ1n) is 11.6. The highest BCUT2D eigenvalue weighted by molar-refractivity contribution is 5.14. The SMILES string of the molecule is CC1CCN(CCCCCCCCCCCCCc2ccccc2)CC1. The zero-order valence-electron chi connectivity index (χ0n) is 17.4. The highest BCUT2D eigenvalue weighted by atomic mass is 15.1. The standard InChI is InChI=1S/C25H43N/c1-24-19-22-26(23-20-24)21-15-10-8-6-4-2-3-5-7-9-12-16-25-17-13-11-14-18-25/h11,13-14,17-18,24H,2-10,12,15-16,19-23H2,1H3. The van der Waals surface area contributed by atoms with Crippen molar-refractivity contribution in [2.24, 2.45) is 5.92 Å². The molecular formula is C25H43N. The Morgan fingerprint density at radius 2 is 1.19 bits per heavy atom. The van der Waals surface area contributed by atoms with Gasteiger partial charge in [0, 0.05) is 0 Å². The van der Waals surface area contributed by atoms with Crippen LogP contribution in [0.5, 0.6) is 0 Å². The van der Waals surface area contributed by atoms with E-state index in [4.69, 9.17) is 0 Å². The molecule has 2 rings (SSSR count). The van der Waals surface area contributed by atoms with Gasteiger partial charge in [-0.15, -0.1) is 0 Å². The molecule has 1 fully saturated rings. The van der Waals surface area contributed by atoms with Crippen LogP contribution < -0.4 is 0 Å². The van der Waals surface area contributed by atoms with Gasteiger partial charge in [-0.2, -0.15) is 0 Å². The molecule has 0 N–H and O–H groups in total.